The number of benzene rings is 8. The van der Waals surface area contributed by atoms with E-state index in [1.54, 1.807) is 131 Å². The van der Waals surface area contributed by atoms with Gasteiger partial charge in [-0.3, -0.25) is 61.8 Å². The van der Waals surface area contributed by atoms with Gasteiger partial charge in [-0.05, 0) is 346 Å². The second kappa shape index (κ2) is 53.3. The maximum absolute atomic E-state index is 13.2. The second-order valence-electron chi connectivity index (χ2n) is 33.9. The van der Waals surface area contributed by atoms with Crippen LogP contribution < -0.4 is 44.5 Å². The largest absolute Gasteiger partial charge is 0.481 e. The number of nitrogens with two attached hydrogens (primary N) is 3. The molecule has 13 aromatic rings. The number of aromatic amines is 1. The van der Waals surface area contributed by atoms with Crippen LogP contribution in [0.5, 0.6) is 0 Å². The molecule has 0 fully saturated rings. The SMILES string of the molecule is CCCN1CC(=O)Nc2cc(I)ccc2C1=O.CCCN1CC(=S)Nc2cc(I)ccc2C1=O.CCCN1Cc2ncc(C)n2-c2cc(C(=O)O)ccc2C1=O.CCCN1Cc2ncc(C)n2-c2cc(I)ccc2C1=O.CCCNC(=O)c1ccc(I)cc1N.Cc1cnc2n1-c1cc(C(=O)N(C)Cc3cccc(N)n3)ccc1C(=O)N(CCC(=O)O)C2.Nc1cc(I)ccc1C(=O)O.O=c1[nH]c2cc(I)ccc2c(=O)o1. The number of rotatable bonds is 19. The Kier molecular flexibility index (Phi) is 41.5. The lowest BCUT2D eigenvalue weighted by molar-refractivity contribution is -0.137. The van der Waals surface area contributed by atoms with Crippen LogP contribution in [0.25, 0.3) is 28.0 Å². The van der Waals surface area contributed by atoms with E-state index in [4.69, 9.17) is 39.6 Å². The van der Waals surface area contributed by atoms with E-state index < -0.39 is 29.3 Å². The standard InChI is InChI=1S/C23H24N6O4.C16H17N3O3.C15H16IN3O.C12H13IN2O2.C12H13IN2OS.C10H13IN2O.C8H4INO3.C7H6INO2/c1-14-11-25-20-13-28(9-8-21(30)31)23(33)17-7-6-15(10-18(17)29(14)20)22(32)27(2)12-16-4-3-5-19(24)26-16;1-3-6-18-9-14-17-8-10(2)19(14)13-7-11(16(21)22)4-5-12(13)15(18)20;1-3-6-18-9-14-17-8-10(2)19(14)13-7-11(16)4-5-12(13)15(18)20;1-2-5-15-7-11(16)14-10-6-8(13)3-4-9(10)12(15)17;1-2-5-15-7-11(17)14-10-6-8(13)3-4-9(10)12(15)16;1-2-5-13-10(14)8-4-3-7(11)6-9(8)12;9-4-1-2-5-6(3-4)10-8(12)13-7(5)11;8-4-1-2-5(7(10)11)6(9)3-4/h3-7,10-11H,8-9,12-13H2,1-2H3,(H2,24,26)(H,30,31);4-5,7-8H,3,6,9H2,1-2H3,(H,21,22);4-5,7-8H,3,6,9H2,1-2H3;3-4,6H,2,5,7H2,1H3,(H,14,16);3-4,6H,2,5,7H2,1H3,(H,14,17);3-4,6H,2,5,12H2,1H3,(H,13,14);1-3H,(H,10,12);1-3H,9H2,(H,10,11). The molecule has 0 unspecified atom stereocenters. The predicted molar refractivity (Wildman–Crippen MR) is 614 cm³/mol. The minimum absolute atomic E-state index is 0.0607. The fraction of sp³-hybridized carbons (Fsp3) is 0.262. The van der Waals surface area contributed by atoms with Crippen molar-refractivity contribution >= 4 is 257 Å². The number of aromatic carboxylic acids is 2. The Morgan fingerprint density at radius 1 is 0.456 bits per heavy atom. The summed E-state index contributed by atoms with van der Waals surface area (Å²) in [6.07, 6.45) is 9.66. The molecular formula is C103H106I6N20O17S. The van der Waals surface area contributed by atoms with Crippen molar-refractivity contribution in [1.29, 1.82) is 0 Å². The Bertz CT molecular complexity index is 7240. The summed E-state index contributed by atoms with van der Waals surface area (Å²) in [6.45, 7) is 21.6. The summed E-state index contributed by atoms with van der Waals surface area (Å²) >= 11 is 18.2. The first-order chi connectivity index (χ1) is 70.0. The van der Waals surface area contributed by atoms with Crippen LogP contribution >= 0.6 is 148 Å². The zero-order chi connectivity index (χ0) is 107. The molecule has 0 bridgehead atoms. The van der Waals surface area contributed by atoms with Crippen LogP contribution in [0.15, 0.2) is 196 Å². The van der Waals surface area contributed by atoms with Crippen molar-refractivity contribution in [3.05, 3.63) is 315 Å². The average Bonchev–Trinajstić information content (AvgIpc) is 1.62. The highest BCUT2D eigenvalue weighted by Crippen LogP contribution is 2.34. The molecule has 0 atom stereocenters. The first-order valence-corrected chi connectivity index (χ1v) is 53.1. The third-order valence-electron chi connectivity index (χ3n) is 22.8. The van der Waals surface area contributed by atoms with Crippen molar-refractivity contribution in [3.8, 4) is 17.1 Å². The number of aliphatic carboxylic acids is 1. The Balaban J connectivity index is 0.000000163. The Labute approximate surface area is 933 Å². The van der Waals surface area contributed by atoms with Crippen LogP contribution in [-0.2, 0) is 35.8 Å². The molecule has 5 aliphatic heterocycles. The number of nitrogen functional groups attached to an aromatic ring is 3. The molecule has 147 heavy (non-hydrogen) atoms. The zero-order valence-corrected chi connectivity index (χ0v) is 95.1. The van der Waals surface area contributed by atoms with Crippen LogP contribution in [-0.4, -0.2) is 213 Å². The van der Waals surface area contributed by atoms with E-state index in [0.717, 1.165) is 112 Å². The van der Waals surface area contributed by atoms with E-state index in [1.165, 1.54) is 21.9 Å². The molecule has 8 aromatic carbocycles. The van der Waals surface area contributed by atoms with E-state index in [1.807, 2.05) is 110 Å². The van der Waals surface area contributed by atoms with Gasteiger partial charge >= 0.3 is 29.3 Å². The van der Waals surface area contributed by atoms with Crippen LogP contribution in [0.3, 0.4) is 0 Å². The lowest BCUT2D eigenvalue weighted by Crippen LogP contribution is -2.35. The van der Waals surface area contributed by atoms with Gasteiger partial charge in [0.25, 0.3) is 41.4 Å². The number of hydrogen-bond acceptors (Lipinski definition) is 22. The van der Waals surface area contributed by atoms with Gasteiger partial charge in [0, 0.05) is 120 Å². The third kappa shape index (κ3) is 29.9. The molecule has 18 rings (SSSR count). The number of carbonyl (C=O) groups excluding carboxylic acids is 8. The Morgan fingerprint density at radius 3 is 1.33 bits per heavy atom. The lowest BCUT2D eigenvalue weighted by Gasteiger charge is -2.20. The van der Waals surface area contributed by atoms with Gasteiger partial charge in [0.05, 0.1) is 134 Å². The smallest absolute Gasteiger partial charge is 0.419 e. The normalized spacial score (nSPS) is 12.9. The number of pyridine rings is 1. The quantitative estimate of drug-likeness (QED) is 0.0204. The van der Waals surface area contributed by atoms with E-state index in [2.05, 4.69) is 205 Å². The van der Waals surface area contributed by atoms with Crippen LogP contribution in [0, 0.1) is 42.2 Å². The number of anilines is 5. The molecule has 5 aromatic heterocycles. The monoisotopic (exact) mass is 2690 g/mol. The van der Waals surface area contributed by atoms with Gasteiger partial charge in [-0.15, -0.1) is 0 Å². The number of aromatic nitrogens is 8. The number of nitrogens with one attached hydrogen (secondary N) is 4. The minimum atomic E-state index is -1.01. The number of carboxylic acid groups (broad SMARTS) is 3. The van der Waals surface area contributed by atoms with Gasteiger partial charge < -0.3 is 82.3 Å². The average molecular weight is 2690 g/mol. The van der Waals surface area contributed by atoms with E-state index >= 15 is 0 Å². The van der Waals surface area contributed by atoms with Gasteiger partial charge in [0.1, 0.15) is 29.8 Å². The number of aryl methyl sites for hydroxylation is 3. The van der Waals surface area contributed by atoms with Gasteiger partial charge in [-0.25, -0.2) is 39.1 Å². The number of carbonyl (C=O) groups is 11. The maximum atomic E-state index is 13.2. The summed E-state index contributed by atoms with van der Waals surface area (Å²) < 4.78 is 16.3. The second-order valence-corrected chi connectivity index (χ2v) is 41.8. The number of fused-ring (bicyclic) bond motifs is 12. The highest BCUT2D eigenvalue weighted by atomic mass is 127. The van der Waals surface area contributed by atoms with Crippen LogP contribution in [0.1, 0.15) is 207 Å². The highest BCUT2D eigenvalue weighted by Gasteiger charge is 2.34. The number of H-pyrrole nitrogens is 1. The molecule has 768 valence electrons. The number of halogens is 6. The van der Waals surface area contributed by atoms with Gasteiger partial charge in [-0.1, -0.05) is 52.9 Å². The summed E-state index contributed by atoms with van der Waals surface area (Å²) in [5.41, 5.74) is 28.8. The molecule has 44 heteroatoms. The zero-order valence-electron chi connectivity index (χ0n) is 81.3. The topological polar surface area (TPSA) is 511 Å². The molecule has 5 aliphatic rings. The molecule has 37 nitrogen and oxygen atoms in total. The highest BCUT2D eigenvalue weighted by molar-refractivity contribution is 14.1. The maximum Gasteiger partial charge on any atom is 0.419 e. The number of amides is 8. The number of carboxylic acids is 3. The molecular weight excluding hydrogens is 2580 g/mol. The fourth-order valence-corrected chi connectivity index (χ4v) is 19.2. The molecule has 0 saturated carbocycles. The van der Waals surface area contributed by atoms with E-state index in [0.29, 0.717) is 134 Å². The molecule has 0 radical (unpaired) electrons. The number of imidazole rings is 3. The van der Waals surface area contributed by atoms with Crippen molar-refractivity contribution in [2.45, 2.75) is 120 Å². The summed E-state index contributed by atoms with van der Waals surface area (Å²) in [4.78, 5) is 185. The molecule has 0 saturated heterocycles. The van der Waals surface area contributed by atoms with Crippen molar-refractivity contribution in [3.63, 3.8) is 0 Å². The van der Waals surface area contributed by atoms with Crippen molar-refractivity contribution in [2.75, 3.05) is 87.2 Å². The van der Waals surface area contributed by atoms with Crippen molar-refractivity contribution in [1.82, 2.24) is 73.3 Å². The van der Waals surface area contributed by atoms with E-state index in [-0.39, 0.29) is 91.0 Å². The summed E-state index contributed by atoms with van der Waals surface area (Å²) in [6, 6.07) is 47.3. The number of hydrogen-bond donors (Lipinski definition) is 10. The predicted octanol–water partition coefficient (Wildman–Crippen LogP) is 16.9. The first kappa shape index (κ1) is 115. The Hall–Kier alpha value is -12.7. The first-order valence-electron chi connectivity index (χ1n) is 46.2. The molecule has 8 amide bonds. The van der Waals surface area contributed by atoms with Gasteiger partial charge in [0.15, 0.2) is 0 Å². The molecule has 13 N–H and O–H groups in total. The number of nitrogens with zero attached hydrogens (tertiary/aromatic N) is 13. The van der Waals surface area contributed by atoms with Gasteiger partial charge in [0.2, 0.25) is 5.91 Å². The molecule has 0 aliphatic carbocycles. The minimum Gasteiger partial charge on any atom is -0.481 e. The van der Waals surface area contributed by atoms with Gasteiger partial charge in [-0.2, -0.15) is 0 Å². The Morgan fingerprint density at radius 2 is 0.864 bits per heavy atom. The summed E-state index contributed by atoms with van der Waals surface area (Å²) in [7, 11) is 1.67. The molecule has 0 spiro atoms. The third-order valence-corrected chi connectivity index (χ3v) is 27.0. The summed E-state index contributed by atoms with van der Waals surface area (Å²) in [5.74, 6) is -1.79. The fourth-order valence-electron chi connectivity index (χ4n) is 16.0. The summed E-state index contributed by atoms with van der Waals surface area (Å²) in [5, 5.41) is 35.9. The van der Waals surface area contributed by atoms with Crippen molar-refractivity contribution < 1.29 is 72.5 Å². The van der Waals surface area contributed by atoms with E-state index in [9.17, 15) is 67.4 Å². The van der Waals surface area contributed by atoms with Crippen LogP contribution in [0.2, 0.25) is 0 Å². The lowest BCUT2D eigenvalue weighted by atomic mass is 10.1. The molecule has 10 heterocycles. The van der Waals surface area contributed by atoms with Crippen molar-refractivity contribution in [2.24, 2.45) is 0 Å². The number of thiocarbonyl (C=S) groups is 1. The van der Waals surface area contributed by atoms with Crippen LogP contribution in [0.4, 0.5) is 28.6 Å².